The molecule has 1 aliphatic rings. The van der Waals surface area contributed by atoms with Gasteiger partial charge in [0.25, 0.3) is 5.97 Å². The Morgan fingerprint density at radius 2 is 1.10 bits per heavy atom. The molecule has 2 aromatic rings. The van der Waals surface area contributed by atoms with Crippen molar-refractivity contribution in [3.63, 3.8) is 0 Å². The molecule has 0 amide bonds. The standard InChI is InChI=1S/C28H36Br2N2O2.C2H4O2.Co/c1-27(2,3)21-13-19(29)11-17(25(21)33)15-31-23-9-7-8-10-24(23)32-16-18-12-20(30)14-22(26(18)34)28(4,5)6;1-2(3)4;/h11-16,23-24,33-34H,7-10H2,1-6H3;1H3,(H,3,4);/t23-,24-;;/m1../s1. The van der Waals surface area contributed by atoms with Crippen molar-refractivity contribution in [1.29, 1.82) is 0 Å². The van der Waals surface area contributed by atoms with E-state index in [0.29, 0.717) is 11.1 Å². The normalized spacial score (nSPS) is 18.0. The van der Waals surface area contributed by atoms with Gasteiger partial charge >= 0.3 is 0 Å². The van der Waals surface area contributed by atoms with Gasteiger partial charge in [-0.15, -0.1) is 0 Å². The van der Waals surface area contributed by atoms with Gasteiger partial charge in [0.2, 0.25) is 0 Å². The van der Waals surface area contributed by atoms with Crippen LogP contribution in [0.15, 0.2) is 43.2 Å². The quantitative estimate of drug-likeness (QED) is 0.279. The number of carboxylic acid groups (broad SMARTS) is 1. The SMILES string of the molecule is CC(=O)O.CC(C)(C)c1cc(Br)cc(C=N[C@@H]2CCCC[C@H]2N=Cc2cc(Br)cc(C(C)(C)C)c2O)c1O.[Co]. The largest absolute Gasteiger partial charge is 0.507 e. The molecule has 1 radical (unpaired) electrons. The summed E-state index contributed by atoms with van der Waals surface area (Å²) in [7, 11) is 0. The summed E-state index contributed by atoms with van der Waals surface area (Å²) >= 11 is 7.15. The molecule has 0 bridgehead atoms. The van der Waals surface area contributed by atoms with E-state index in [0.717, 1.165) is 52.7 Å². The summed E-state index contributed by atoms with van der Waals surface area (Å²) in [6.45, 7) is 13.6. The van der Waals surface area contributed by atoms with Crippen LogP contribution in [0, 0.1) is 0 Å². The van der Waals surface area contributed by atoms with E-state index in [1.165, 1.54) is 0 Å². The molecule has 1 aliphatic carbocycles. The number of aliphatic carboxylic acids is 1. The van der Waals surface area contributed by atoms with E-state index in [4.69, 9.17) is 19.9 Å². The molecular weight excluding hydrogens is 671 g/mol. The van der Waals surface area contributed by atoms with Crippen molar-refractivity contribution >= 4 is 50.3 Å². The number of halogens is 2. The van der Waals surface area contributed by atoms with Gasteiger partial charge in [0, 0.05) is 67.3 Å². The Bertz CT molecular complexity index is 1110. The minimum Gasteiger partial charge on any atom is -0.507 e. The zero-order valence-corrected chi connectivity index (χ0v) is 27.9. The fourth-order valence-corrected chi connectivity index (χ4v) is 5.32. The van der Waals surface area contributed by atoms with Gasteiger partial charge < -0.3 is 15.3 Å². The van der Waals surface area contributed by atoms with Crippen molar-refractivity contribution in [3.05, 3.63) is 55.5 Å². The third-order valence-electron chi connectivity index (χ3n) is 6.33. The molecule has 3 rings (SSSR count). The number of hydrogen-bond acceptors (Lipinski definition) is 5. The topological polar surface area (TPSA) is 102 Å². The van der Waals surface area contributed by atoms with Crippen molar-refractivity contribution in [2.75, 3.05) is 0 Å². The van der Waals surface area contributed by atoms with Gasteiger partial charge in [-0.3, -0.25) is 14.8 Å². The van der Waals surface area contributed by atoms with Gasteiger partial charge in [0.05, 0.1) is 12.1 Å². The van der Waals surface area contributed by atoms with Gasteiger partial charge in [0.15, 0.2) is 0 Å². The second-order valence-electron chi connectivity index (χ2n) is 11.8. The molecule has 2 aromatic carbocycles. The number of aliphatic imine (C=N–C) groups is 2. The van der Waals surface area contributed by atoms with E-state index in [1.54, 1.807) is 12.4 Å². The molecule has 0 unspecified atom stereocenters. The average molecular weight is 711 g/mol. The Kier molecular flexibility index (Phi) is 13.4. The van der Waals surface area contributed by atoms with Gasteiger partial charge in [-0.05, 0) is 47.9 Å². The first-order chi connectivity index (χ1) is 17.5. The van der Waals surface area contributed by atoms with E-state index >= 15 is 0 Å². The fourth-order valence-electron chi connectivity index (χ4n) is 4.37. The van der Waals surface area contributed by atoms with Crippen LogP contribution in [0.1, 0.15) is 96.4 Å². The average Bonchev–Trinajstić information content (AvgIpc) is 2.78. The van der Waals surface area contributed by atoms with Gasteiger partial charge in [0.1, 0.15) is 11.5 Å². The number of aromatic hydroxyl groups is 2. The first-order valence-corrected chi connectivity index (χ1v) is 14.4. The number of hydrogen-bond donors (Lipinski definition) is 3. The maximum atomic E-state index is 10.9. The molecule has 0 aliphatic heterocycles. The molecule has 1 fully saturated rings. The number of phenolic OH excluding ortho intramolecular Hbond substituents is 2. The molecule has 0 aromatic heterocycles. The van der Waals surface area contributed by atoms with Crippen LogP contribution in [0.2, 0.25) is 0 Å². The third kappa shape index (κ3) is 10.7. The first kappa shape index (κ1) is 35.3. The second kappa shape index (κ2) is 14.8. The molecule has 0 spiro atoms. The van der Waals surface area contributed by atoms with Crippen molar-refractivity contribution in [1.82, 2.24) is 0 Å². The zero-order chi connectivity index (χ0) is 28.8. The number of carboxylic acids is 1. The number of phenols is 2. The van der Waals surface area contributed by atoms with E-state index in [9.17, 15) is 10.2 Å². The Morgan fingerprint density at radius 1 is 0.795 bits per heavy atom. The summed E-state index contributed by atoms with van der Waals surface area (Å²) in [5.41, 5.74) is 2.86. The van der Waals surface area contributed by atoms with Crippen LogP contribution >= 0.6 is 31.9 Å². The summed E-state index contributed by atoms with van der Waals surface area (Å²) in [5, 5.41) is 29.2. The number of rotatable bonds is 4. The van der Waals surface area contributed by atoms with Gasteiger partial charge in [-0.25, -0.2) is 0 Å². The minimum atomic E-state index is -0.833. The molecule has 9 heteroatoms. The van der Waals surface area contributed by atoms with Crippen LogP contribution in [-0.2, 0) is 32.4 Å². The monoisotopic (exact) mass is 709 g/mol. The van der Waals surface area contributed by atoms with Crippen molar-refractivity contribution < 1.29 is 36.9 Å². The van der Waals surface area contributed by atoms with Crippen molar-refractivity contribution in [2.24, 2.45) is 9.98 Å². The number of benzene rings is 2. The summed E-state index contributed by atoms with van der Waals surface area (Å²) in [6, 6.07) is 7.83. The van der Waals surface area contributed by atoms with Crippen LogP contribution in [0.3, 0.4) is 0 Å². The van der Waals surface area contributed by atoms with Crippen molar-refractivity contribution in [2.45, 2.75) is 97.1 Å². The number of nitrogens with zero attached hydrogens (tertiary/aromatic N) is 2. The Balaban J connectivity index is 0.00000142. The van der Waals surface area contributed by atoms with E-state index in [-0.39, 0.29) is 51.2 Å². The van der Waals surface area contributed by atoms with Crippen molar-refractivity contribution in [3.8, 4) is 11.5 Å². The Hall–Kier alpha value is -1.68. The number of carbonyl (C=O) groups is 1. The van der Waals surface area contributed by atoms with Crippen LogP contribution in [0.5, 0.6) is 11.5 Å². The minimum absolute atomic E-state index is 0. The van der Waals surface area contributed by atoms with Gasteiger partial charge in [-0.1, -0.05) is 86.2 Å². The van der Waals surface area contributed by atoms with Crippen LogP contribution in [0.25, 0.3) is 0 Å². The third-order valence-corrected chi connectivity index (χ3v) is 7.24. The summed E-state index contributed by atoms with van der Waals surface area (Å²) in [4.78, 5) is 18.8. The summed E-state index contributed by atoms with van der Waals surface area (Å²) in [6.07, 6.45) is 7.72. The molecule has 217 valence electrons. The van der Waals surface area contributed by atoms with Crippen LogP contribution in [0.4, 0.5) is 0 Å². The summed E-state index contributed by atoms with van der Waals surface area (Å²) < 4.78 is 1.85. The molecule has 6 nitrogen and oxygen atoms in total. The zero-order valence-electron chi connectivity index (χ0n) is 23.7. The summed E-state index contributed by atoms with van der Waals surface area (Å²) in [5.74, 6) is -0.270. The smallest absolute Gasteiger partial charge is 0.300 e. The molecular formula is C30H40Br2CoN2O4. The molecule has 0 heterocycles. The molecule has 2 atom stereocenters. The maximum absolute atomic E-state index is 10.9. The predicted octanol–water partition coefficient (Wildman–Crippen LogP) is 8.16. The van der Waals surface area contributed by atoms with Crippen LogP contribution < -0.4 is 0 Å². The predicted molar refractivity (Wildman–Crippen MR) is 164 cm³/mol. The van der Waals surface area contributed by atoms with Gasteiger partial charge in [-0.2, -0.15) is 0 Å². The fraction of sp³-hybridized carbons (Fsp3) is 0.500. The van der Waals surface area contributed by atoms with E-state index in [2.05, 4.69) is 73.4 Å². The van der Waals surface area contributed by atoms with E-state index in [1.807, 2.05) is 24.3 Å². The molecule has 0 saturated heterocycles. The molecule has 1 saturated carbocycles. The van der Waals surface area contributed by atoms with Crippen LogP contribution in [-0.4, -0.2) is 45.8 Å². The maximum Gasteiger partial charge on any atom is 0.300 e. The molecule has 39 heavy (non-hydrogen) atoms. The van der Waals surface area contributed by atoms with E-state index < -0.39 is 5.97 Å². The first-order valence-electron chi connectivity index (χ1n) is 12.8. The Morgan fingerprint density at radius 3 is 1.38 bits per heavy atom. The Labute approximate surface area is 259 Å². The second-order valence-corrected chi connectivity index (χ2v) is 13.6. The molecule has 3 N–H and O–H groups in total.